The molecule has 8 heteroatoms. The molecule has 0 spiro atoms. The molecule has 0 saturated heterocycles. The first-order valence-corrected chi connectivity index (χ1v) is 11.5. The van der Waals surface area contributed by atoms with E-state index in [0.29, 0.717) is 47.8 Å². The molecular weight excluding hydrogens is 432 g/mol. The van der Waals surface area contributed by atoms with Crippen LogP contribution in [0.4, 0.5) is 5.82 Å². The van der Waals surface area contributed by atoms with Crippen LogP contribution >= 0.6 is 11.3 Å². The minimum Gasteiger partial charge on any atom is -0.382 e. The van der Waals surface area contributed by atoms with E-state index in [-0.39, 0.29) is 5.91 Å². The Morgan fingerprint density at radius 2 is 1.85 bits per heavy atom. The Morgan fingerprint density at radius 1 is 1.15 bits per heavy atom. The molecule has 0 fully saturated rings. The van der Waals surface area contributed by atoms with Crippen LogP contribution in [0.15, 0.2) is 60.7 Å². The number of amides is 1. The highest BCUT2D eigenvalue weighted by Crippen LogP contribution is 2.22. The number of thiazole rings is 1. The number of para-hydroxylation sites is 1. The summed E-state index contributed by atoms with van der Waals surface area (Å²) in [5.74, 6) is 0.202. The Hall–Kier alpha value is -3.96. The van der Waals surface area contributed by atoms with Crippen molar-refractivity contribution >= 4 is 23.1 Å². The largest absolute Gasteiger partial charge is 0.382 e. The lowest BCUT2D eigenvalue weighted by atomic mass is 10.1. The van der Waals surface area contributed by atoms with Crippen molar-refractivity contribution in [3.05, 3.63) is 93.1 Å². The smallest absolute Gasteiger partial charge is 0.263 e. The monoisotopic (exact) mass is 456 g/mol. The van der Waals surface area contributed by atoms with Crippen LogP contribution in [0, 0.1) is 18.3 Å². The number of rotatable bonds is 8. The Balaban J connectivity index is 1.35. The van der Waals surface area contributed by atoms with Crippen LogP contribution in [-0.2, 0) is 12.8 Å². The maximum absolute atomic E-state index is 12.7. The molecule has 0 aliphatic heterocycles. The van der Waals surface area contributed by atoms with E-state index in [1.807, 2.05) is 55.5 Å². The van der Waals surface area contributed by atoms with Crippen LogP contribution in [0.2, 0.25) is 0 Å². The summed E-state index contributed by atoms with van der Waals surface area (Å²) in [4.78, 5) is 17.9. The lowest BCUT2D eigenvalue weighted by molar-refractivity contribution is 0.0956. The van der Waals surface area contributed by atoms with Crippen molar-refractivity contribution in [3.8, 4) is 11.8 Å². The van der Waals surface area contributed by atoms with Gasteiger partial charge in [-0.1, -0.05) is 48.5 Å². The number of benzene rings is 2. The summed E-state index contributed by atoms with van der Waals surface area (Å²) >= 11 is 1.43. The van der Waals surface area contributed by atoms with Crippen molar-refractivity contribution < 1.29 is 4.79 Å². The Bertz CT molecular complexity index is 1290. The van der Waals surface area contributed by atoms with Gasteiger partial charge in [0.1, 0.15) is 22.3 Å². The fourth-order valence-electron chi connectivity index (χ4n) is 3.59. The van der Waals surface area contributed by atoms with E-state index in [0.717, 1.165) is 16.4 Å². The number of carbonyl (C=O) groups is 1. The highest BCUT2D eigenvalue weighted by Gasteiger charge is 2.18. The predicted octanol–water partition coefficient (Wildman–Crippen LogP) is 4.04. The molecule has 166 valence electrons. The summed E-state index contributed by atoms with van der Waals surface area (Å²) in [6.45, 7) is 2.32. The molecule has 0 bridgehead atoms. The van der Waals surface area contributed by atoms with Crippen LogP contribution in [0.5, 0.6) is 0 Å². The third kappa shape index (κ3) is 5.10. The van der Waals surface area contributed by atoms with Gasteiger partial charge in [-0.3, -0.25) is 4.79 Å². The van der Waals surface area contributed by atoms with E-state index in [1.165, 1.54) is 16.9 Å². The first-order valence-electron chi connectivity index (χ1n) is 10.7. The third-order valence-corrected chi connectivity index (χ3v) is 6.38. The first kappa shape index (κ1) is 22.2. The molecule has 33 heavy (non-hydrogen) atoms. The standard InChI is InChI=1S/C25H24N6OS/c1-17-23(33-22(29-17)15-18-9-4-2-5-10-18)25(32)28-14-8-13-21-20(16-26)24(27)31(30-21)19-11-6-3-7-12-19/h2-7,9-12H,8,13-15,27H2,1H3,(H,28,32). The molecule has 4 aromatic rings. The van der Waals surface area contributed by atoms with Crippen LogP contribution < -0.4 is 11.1 Å². The predicted molar refractivity (Wildman–Crippen MR) is 129 cm³/mol. The molecule has 0 aliphatic rings. The van der Waals surface area contributed by atoms with Gasteiger partial charge in [-0.25, -0.2) is 9.67 Å². The number of nitrogens with two attached hydrogens (primary N) is 1. The number of aromatic nitrogens is 3. The average molecular weight is 457 g/mol. The molecule has 7 nitrogen and oxygen atoms in total. The third-order valence-electron chi connectivity index (χ3n) is 5.23. The minimum atomic E-state index is -0.126. The van der Waals surface area contributed by atoms with Crippen LogP contribution in [0.25, 0.3) is 5.69 Å². The summed E-state index contributed by atoms with van der Waals surface area (Å²) in [5, 5.41) is 17.9. The summed E-state index contributed by atoms with van der Waals surface area (Å²) in [7, 11) is 0. The van der Waals surface area contributed by atoms with Gasteiger partial charge in [0.15, 0.2) is 0 Å². The van der Waals surface area contributed by atoms with E-state index in [2.05, 4.69) is 33.6 Å². The first-order chi connectivity index (χ1) is 16.1. The van der Waals surface area contributed by atoms with E-state index in [4.69, 9.17) is 5.73 Å². The Morgan fingerprint density at radius 3 is 2.55 bits per heavy atom. The highest BCUT2D eigenvalue weighted by molar-refractivity contribution is 7.13. The molecule has 3 N–H and O–H groups in total. The molecule has 2 aromatic heterocycles. The summed E-state index contributed by atoms with van der Waals surface area (Å²) in [5.41, 5.74) is 9.88. The number of aryl methyl sites for hydroxylation is 2. The van der Waals surface area contributed by atoms with Crippen molar-refractivity contribution in [1.29, 1.82) is 5.26 Å². The number of nitrogens with zero attached hydrogens (tertiary/aromatic N) is 4. The number of nitrogens with one attached hydrogen (secondary N) is 1. The van der Waals surface area contributed by atoms with Crippen molar-refractivity contribution in [1.82, 2.24) is 20.1 Å². The second-order valence-corrected chi connectivity index (χ2v) is 8.69. The van der Waals surface area contributed by atoms with Crippen molar-refractivity contribution in [2.75, 3.05) is 12.3 Å². The van der Waals surface area contributed by atoms with Crippen LogP contribution in [0.1, 0.15) is 43.6 Å². The number of hydrogen-bond donors (Lipinski definition) is 2. The average Bonchev–Trinajstić information content (AvgIpc) is 3.36. The highest BCUT2D eigenvalue weighted by atomic mass is 32.1. The van der Waals surface area contributed by atoms with Gasteiger partial charge in [-0.2, -0.15) is 10.4 Å². The van der Waals surface area contributed by atoms with Gasteiger partial charge in [0, 0.05) is 13.0 Å². The maximum Gasteiger partial charge on any atom is 0.263 e. The fraction of sp³-hybridized carbons (Fsp3) is 0.200. The van der Waals surface area contributed by atoms with E-state index < -0.39 is 0 Å². The summed E-state index contributed by atoms with van der Waals surface area (Å²) in [6.07, 6.45) is 1.89. The molecule has 0 aliphatic carbocycles. The summed E-state index contributed by atoms with van der Waals surface area (Å²) < 4.78 is 1.58. The molecule has 2 aromatic carbocycles. The fourth-order valence-corrected chi connectivity index (χ4v) is 4.60. The minimum absolute atomic E-state index is 0.126. The lowest BCUT2D eigenvalue weighted by Crippen LogP contribution is -2.24. The molecule has 0 radical (unpaired) electrons. The van der Waals surface area contributed by atoms with E-state index in [9.17, 15) is 10.1 Å². The summed E-state index contributed by atoms with van der Waals surface area (Å²) in [6, 6.07) is 21.7. The van der Waals surface area contributed by atoms with Crippen molar-refractivity contribution in [3.63, 3.8) is 0 Å². The number of nitriles is 1. The van der Waals surface area contributed by atoms with Gasteiger partial charge >= 0.3 is 0 Å². The molecule has 1 amide bonds. The second-order valence-electron chi connectivity index (χ2n) is 7.61. The Kier molecular flexibility index (Phi) is 6.81. The van der Waals surface area contributed by atoms with Gasteiger partial charge < -0.3 is 11.1 Å². The normalized spacial score (nSPS) is 10.7. The van der Waals surface area contributed by atoms with Crippen LogP contribution in [0.3, 0.4) is 0 Å². The molecule has 0 unspecified atom stereocenters. The topological polar surface area (TPSA) is 110 Å². The van der Waals surface area contributed by atoms with Gasteiger partial charge in [0.25, 0.3) is 5.91 Å². The quantitative estimate of drug-likeness (QED) is 0.389. The number of anilines is 1. The maximum atomic E-state index is 12.7. The molecule has 2 heterocycles. The van der Waals surface area contributed by atoms with E-state index >= 15 is 0 Å². The number of nitrogen functional groups attached to an aromatic ring is 1. The van der Waals surface area contributed by atoms with Crippen LogP contribution in [-0.4, -0.2) is 27.2 Å². The molecule has 0 atom stereocenters. The molecular formula is C25H24N6OS. The number of hydrogen-bond acceptors (Lipinski definition) is 6. The zero-order valence-electron chi connectivity index (χ0n) is 18.3. The van der Waals surface area contributed by atoms with Gasteiger partial charge in [0.2, 0.25) is 0 Å². The van der Waals surface area contributed by atoms with Gasteiger partial charge in [-0.05, 0) is 37.5 Å². The van der Waals surface area contributed by atoms with Crippen molar-refractivity contribution in [2.45, 2.75) is 26.2 Å². The number of carbonyl (C=O) groups excluding carboxylic acids is 1. The SMILES string of the molecule is Cc1nc(Cc2ccccc2)sc1C(=O)NCCCc1nn(-c2ccccc2)c(N)c1C#N. The van der Waals surface area contributed by atoms with Gasteiger partial charge in [0.05, 0.1) is 22.1 Å². The second kappa shape index (κ2) is 10.1. The van der Waals surface area contributed by atoms with E-state index in [1.54, 1.807) is 4.68 Å². The van der Waals surface area contributed by atoms with Gasteiger partial charge in [-0.15, -0.1) is 11.3 Å². The zero-order chi connectivity index (χ0) is 23.2. The molecule has 4 rings (SSSR count). The Labute approximate surface area is 196 Å². The zero-order valence-corrected chi connectivity index (χ0v) is 19.1. The van der Waals surface area contributed by atoms with Crippen molar-refractivity contribution in [2.24, 2.45) is 0 Å². The molecule has 0 saturated carbocycles. The lowest BCUT2D eigenvalue weighted by Gasteiger charge is -2.03.